The number of carbonyl (C=O) groups is 2. The van der Waals surface area contributed by atoms with E-state index in [2.05, 4.69) is 5.32 Å². The molecule has 0 aromatic carbocycles. The van der Waals surface area contributed by atoms with E-state index in [0.29, 0.717) is 0 Å². The Balaban J connectivity index is 2.11. The number of hydrogen-bond donors (Lipinski definition) is 1. The second-order valence-electron chi connectivity index (χ2n) is 3.02. The molecule has 1 fully saturated rings. The fraction of sp³-hybridized carbons (Fsp3) is 0.500. The lowest BCUT2D eigenvalue weighted by Crippen LogP contribution is -2.39. The molecule has 0 bridgehead atoms. The van der Waals surface area contributed by atoms with Crippen molar-refractivity contribution in [2.24, 2.45) is 0 Å². The van der Waals surface area contributed by atoms with Crippen LogP contribution in [0.3, 0.4) is 0 Å². The number of nitrogens with one attached hydrogen (secondary N) is 1. The molecule has 64 valence electrons. The molecule has 0 unspecified atom stereocenters. The van der Waals surface area contributed by atoms with Gasteiger partial charge in [0.25, 0.3) is 0 Å². The lowest BCUT2D eigenvalue weighted by atomic mass is 10.2. The smallest absolute Gasteiger partial charge is 0.324 e. The number of imide groups is 1. The fourth-order valence-corrected chi connectivity index (χ4v) is 1.62. The third-order valence-corrected chi connectivity index (χ3v) is 2.23. The molecule has 2 rings (SSSR count). The Bertz CT molecular complexity index is 236. The summed E-state index contributed by atoms with van der Waals surface area (Å²) in [5.74, 6) is -0.103. The van der Waals surface area contributed by atoms with Crippen molar-refractivity contribution in [1.82, 2.24) is 10.2 Å². The van der Waals surface area contributed by atoms with Crippen molar-refractivity contribution in [2.75, 3.05) is 6.54 Å². The largest absolute Gasteiger partial charge is 0.329 e. The van der Waals surface area contributed by atoms with Crippen LogP contribution < -0.4 is 5.32 Å². The van der Waals surface area contributed by atoms with Crippen LogP contribution in [-0.2, 0) is 4.79 Å². The van der Waals surface area contributed by atoms with Gasteiger partial charge in [-0.05, 0) is 12.8 Å². The Morgan fingerprint density at radius 2 is 2.00 bits per heavy atom. The van der Waals surface area contributed by atoms with Crippen molar-refractivity contribution in [3.05, 3.63) is 12.2 Å². The number of rotatable bonds is 1. The average Bonchev–Trinajstić information content (AvgIpc) is 2.61. The Morgan fingerprint density at radius 1 is 1.33 bits per heavy atom. The first kappa shape index (κ1) is 7.34. The topological polar surface area (TPSA) is 49.4 Å². The number of amides is 3. The Kier molecular flexibility index (Phi) is 1.60. The van der Waals surface area contributed by atoms with Crippen LogP contribution in [0.5, 0.6) is 0 Å². The molecule has 0 saturated carbocycles. The minimum absolute atomic E-state index is 0.0694. The predicted octanol–water partition coefficient (Wildman–Crippen LogP) is 0.257. The van der Waals surface area contributed by atoms with Crippen molar-refractivity contribution in [3.63, 3.8) is 0 Å². The van der Waals surface area contributed by atoms with Crippen LogP contribution in [0.15, 0.2) is 12.2 Å². The van der Waals surface area contributed by atoms with Crippen molar-refractivity contribution >= 4 is 11.9 Å². The molecule has 0 atom stereocenters. The van der Waals surface area contributed by atoms with E-state index in [9.17, 15) is 9.59 Å². The molecule has 0 radical (unpaired) electrons. The van der Waals surface area contributed by atoms with Gasteiger partial charge in [-0.25, -0.2) is 4.79 Å². The van der Waals surface area contributed by atoms with Crippen LogP contribution in [0.4, 0.5) is 4.79 Å². The summed E-state index contributed by atoms with van der Waals surface area (Å²) in [4.78, 5) is 23.7. The molecule has 1 heterocycles. The monoisotopic (exact) mass is 166 g/mol. The van der Waals surface area contributed by atoms with Gasteiger partial charge in [0.2, 0.25) is 5.91 Å². The number of hydrogen-bond acceptors (Lipinski definition) is 2. The molecule has 1 aliphatic heterocycles. The predicted molar refractivity (Wildman–Crippen MR) is 42.4 cm³/mol. The summed E-state index contributed by atoms with van der Waals surface area (Å²) >= 11 is 0. The van der Waals surface area contributed by atoms with Crippen molar-refractivity contribution in [2.45, 2.75) is 18.9 Å². The number of nitrogens with zero attached hydrogens (tertiary/aromatic N) is 1. The van der Waals surface area contributed by atoms with Gasteiger partial charge in [0, 0.05) is 6.04 Å². The highest BCUT2D eigenvalue weighted by atomic mass is 16.2. The van der Waals surface area contributed by atoms with Crippen molar-refractivity contribution in [1.29, 1.82) is 0 Å². The molecule has 12 heavy (non-hydrogen) atoms. The molecule has 3 amide bonds. The zero-order chi connectivity index (χ0) is 8.55. The van der Waals surface area contributed by atoms with Crippen LogP contribution >= 0.6 is 0 Å². The van der Waals surface area contributed by atoms with E-state index in [0.717, 1.165) is 12.8 Å². The SMILES string of the molecule is O=C1CNC(=O)N1C1CC=CC1. The van der Waals surface area contributed by atoms with Gasteiger partial charge in [0.15, 0.2) is 0 Å². The van der Waals surface area contributed by atoms with Crippen LogP contribution in [0.2, 0.25) is 0 Å². The quantitative estimate of drug-likeness (QED) is 0.448. The van der Waals surface area contributed by atoms with Crippen LogP contribution in [0, 0.1) is 0 Å². The number of carbonyl (C=O) groups excluding carboxylic acids is 2. The van der Waals surface area contributed by atoms with Crippen molar-refractivity contribution in [3.8, 4) is 0 Å². The second kappa shape index (κ2) is 2.62. The maximum atomic E-state index is 11.2. The first-order valence-corrected chi connectivity index (χ1v) is 4.04. The maximum absolute atomic E-state index is 11.2. The molecule has 1 saturated heterocycles. The summed E-state index contributed by atoms with van der Waals surface area (Å²) in [6.45, 7) is 0.162. The molecular weight excluding hydrogens is 156 g/mol. The number of urea groups is 1. The van der Waals surface area contributed by atoms with E-state index in [4.69, 9.17) is 0 Å². The molecule has 1 N–H and O–H groups in total. The molecule has 4 heteroatoms. The highest BCUT2D eigenvalue weighted by molar-refractivity contribution is 6.02. The van der Waals surface area contributed by atoms with Gasteiger partial charge in [-0.15, -0.1) is 0 Å². The lowest BCUT2D eigenvalue weighted by molar-refractivity contribution is -0.126. The molecule has 0 spiro atoms. The Labute approximate surface area is 70.2 Å². The van der Waals surface area contributed by atoms with Gasteiger partial charge in [0.1, 0.15) is 0 Å². The molecule has 2 aliphatic rings. The Morgan fingerprint density at radius 3 is 2.50 bits per heavy atom. The summed E-state index contributed by atoms with van der Waals surface area (Å²) in [6.07, 6.45) is 5.62. The Hall–Kier alpha value is -1.32. The molecular formula is C8H10N2O2. The third kappa shape index (κ3) is 0.995. The average molecular weight is 166 g/mol. The van der Waals surface area contributed by atoms with E-state index in [1.54, 1.807) is 0 Å². The van der Waals surface area contributed by atoms with Gasteiger partial charge in [0.05, 0.1) is 6.54 Å². The summed E-state index contributed by atoms with van der Waals surface area (Å²) in [6, 6.07) is -0.173. The van der Waals surface area contributed by atoms with Gasteiger partial charge >= 0.3 is 6.03 Å². The molecule has 0 aromatic rings. The standard InChI is InChI=1S/C8H10N2O2/c11-7-5-9-8(12)10(7)6-3-1-2-4-6/h1-2,6H,3-5H2,(H,9,12). The minimum Gasteiger partial charge on any atom is -0.329 e. The normalized spacial score (nSPS) is 23.8. The van der Waals surface area contributed by atoms with Gasteiger partial charge < -0.3 is 5.32 Å². The van der Waals surface area contributed by atoms with E-state index in [1.165, 1.54) is 4.90 Å². The maximum Gasteiger partial charge on any atom is 0.324 e. The summed E-state index contributed by atoms with van der Waals surface area (Å²) < 4.78 is 0. The highest BCUT2D eigenvalue weighted by Gasteiger charge is 2.34. The first-order chi connectivity index (χ1) is 5.79. The first-order valence-electron chi connectivity index (χ1n) is 4.04. The zero-order valence-corrected chi connectivity index (χ0v) is 6.62. The van der Waals surface area contributed by atoms with Crippen LogP contribution in [0.25, 0.3) is 0 Å². The zero-order valence-electron chi connectivity index (χ0n) is 6.62. The van der Waals surface area contributed by atoms with E-state index in [1.807, 2.05) is 12.2 Å². The third-order valence-electron chi connectivity index (χ3n) is 2.23. The van der Waals surface area contributed by atoms with Gasteiger partial charge in [-0.2, -0.15) is 0 Å². The summed E-state index contributed by atoms with van der Waals surface area (Å²) in [5.41, 5.74) is 0. The molecule has 4 nitrogen and oxygen atoms in total. The van der Waals surface area contributed by atoms with E-state index in [-0.39, 0.29) is 24.5 Å². The van der Waals surface area contributed by atoms with Crippen molar-refractivity contribution < 1.29 is 9.59 Å². The fourth-order valence-electron chi connectivity index (χ4n) is 1.62. The van der Waals surface area contributed by atoms with Gasteiger partial charge in [-0.3, -0.25) is 9.69 Å². The highest BCUT2D eigenvalue weighted by Crippen LogP contribution is 2.18. The summed E-state index contributed by atoms with van der Waals surface area (Å²) in [5, 5.41) is 2.51. The van der Waals surface area contributed by atoms with Crippen LogP contribution in [-0.4, -0.2) is 29.4 Å². The second-order valence-corrected chi connectivity index (χ2v) is 3.02. The molecule has 1 aliphatic carbocycles. The lowest BCUT2D eigenvalue weighted by Gasteiger charge is -2.19. The van der Waals surface area contributed by atoms with Gasteiger partial charge in [-0.1, -0.05) is 12.2 Å². The minimum atomic E-state index is -0.242. The van der Waals surface area contributed by atoms with E-state index >= 15 is 0 Å². The summed E-state index contributed by atoms with van der Waals surface area (Å²) in [7, 11) is 0. The van der Waals surface area contributed by atoms with Crippen LogP contribution in [0.1, 0.15) is 12.8 Å². The molecule has 0 aromatic heterocycles. The van der Waals surface area contributed by atoms with E-state index < -0.39 is 0 Å².